The lowest BCUT2D eigenvalue weighted by molar-refractivity contribution is -0.114. The molecule has 0 fully saturated rings. The lowest BCUT2D eigenvalue weighted by Gasteiger charge is -2.13. The van der Waals surface area contributed by atoms with Gasteiger partial charge in [-0.1, -0.05) is 18.2 Å². The van der Waals surface area contributed by atoms with Crippen LogP contribution in [0.4, 0.5) is 10.5 Å². The van der Waals surface area contributed by atoms with Gasteiger partial charge < -0.3 is 24.1 Å². The number of anilines is 1. The van der Waals surface area contributed by atoms with Gasteiger partial charge in [0.1, 0.15) is 16.8 Å². The second-order valence-corrected chi connectivity index (χ2v) is 8.81. The van der Waals surface area contributed by atoms with Crippen molar-refractivity contribution in [2.75, 3.05) is 19.0 Å². The maximum atomic E-state index is 12.6. The Morgan fingerprint density at radius 3 is 2.51 bits per heavy atom. The van der Waals surface area contributed by atoms with Crippen LogP contribution in [0.5, 0.6) is 11.6 Å². The Labute approximate surface area is 216 Å². The average molecular weight is 517 g/mol. The number of fused-ring (bicyclic) bond motifs is 2. The molecule has 5 aromatic rings. The van der Waals surface area contributed by atoms with Gasteiger partial charge in [-0.15, -0.1) is 0 Å². The maximum Gasteiger partial charge on any atom is 0.515 e. The molecule has 10 heteroatoms. The molecule has 37 heavy (non-hydrogen) atoms. The minimum absolute atomic E-state index is 0.178. The molecule has 0 aliphatic heterocycles. The zero-order valence-electron chi connectivity index (χ0n) is 20.5. The summed E-state index contributed by atoms with van der Waals surface area (Å²) in [6.07, 6.45) is -0.803. The van der Waals surface area contributed by atoms with E-state index in [1.807, 2.05) is 65.2 Å². The molecule has 2 aromatic heterocycles. The van der Waals surface area contributed by atoms with Crippen LogP contribution < -0.4 is 14.8 Å². The Kier molecular flexibility index (Phi) is 6.74. The number of nitrogens with zero attached hydrogens (tertiary/aromatic N) is 3. The summed E-state index contributed by atoms with van der Waals surface area (Å²) < 4.78 is 26.8. The molecule has 1 N–H and O–H groups in total. The van der Waals surface area contributed by atoms with Gasteiger partial charge in [0.25, 0.3) is 0 Å². The predicted octanol–water partition coefficient (Wildman–Crippen LogP) is 5.86. The number of nitrogens with one attached hydrogen (secondary N) is 1. The summed E-state index contributed by atoms with van der Waals surface area (Å²) in [5.41, 5.74) is 5.53. The molecule has 0 radical (unpaired) electrons. The lowest BCUT2D eigenvalue weighted by atomic mass is 10.0. The number of hydrogen-bond donors (Lipinski definition) is 1. The molecule has 3 aromatic carbocycles. The monoisotopic (exact) mass is 516 g/mol. The van der Waals surface area contributed by atoms with Crippen molar-refractivity contribution in [3.63, 3.8) is 0 Å². The highest BCUT2D eigenvalue weighted by atomic mass is 32.1. The van der Waals surface area contributed by atoms with Crippen LogP contribution in [-0.4, -0.2) is 39.1 Å². The fourth-order valence-corrected chi connectivity index (χ4v) is 4.76. The van der Waals surface area contributed by atoms with Crippen molar-refractivity contribution in [2.24, 2.45) is 0 Å². The third-order valence-electron chi connectivity index (χ3n) is 5.82. The molecule has 0 saturated carbocycles. The summed E-state index contributed by atoms with van der Waals surface area (Å²) in [5, 5.41) is 3.63. The van der Waals surface area contributed by atoms with E-state index >= 15 is 0 Å². The van der Waals surface area contributed by atoms with E-state index in [1.54, 1.807) is 14.0 Å². The summed E-state index contributed by atoms with van der Waals surface area (Å²) in [6.45, 7) is 3.75. The zero-order chi connectivity index (χ0) is 25.9. The van der Waals surface area contributed by atoms with Gasteiger partial charge in [-0.25, -0.2) is 4.79 Å². The van der Waals surface area contributed by atoms with Gasteiger partial charge in [0, 0.05) is 18.0 Å². The Hall–Kier alpha value is -4.44. The highest BCUT2D eigenvalue weighted by molar-refractivity contribution is 7.00. The molecule has 9 nitrogen and oxygen atoms in total. The molecule has 2 heterocycles. The van der Waals surface area contributed by atoms with E-state index in [9.17, 15) is 9.59 Å². The molecule has 0 atom stereocenters. The number of carbonyl (C=O) groups is 2. The van der Waals surface area contributed by atoms with Crippen LogP contribution >= 0.6 is 11.7 Å². The fourth-order valence-electron chi connectivity index (χ4n) is 4.25. The Balaban J connectivity index is 1.73. The third kappa shape index (κ3) is 4.96. The number of hydrogen-bond acceptors (Lipinski definition) is 8. The minimum atomic E-state index is -0.803. The first-order chi connectivity index (χ1) is 18.0. The summed E-state index contributed by atoms with van der Waals surface area (Å²) in [5.74, 6) is 0.845. The molecule has 0 spiro atoms. The van der Waals surface area contributed by atoms with Crippen LogP contribution in [0.2, 0.25) is 0 Å². The van der Waals surface area contributed by atoms with Crippen molar-refractivity contribution in [3.8, 4) is 22.8 Å². The van der Waals surface area contributed by atoms with Crippen LogP contribution in [-0.2, 0) is 16.1 Å². The van der Waals surface area contributed by atoms with E-state index in [2.05, 4.69) is 14.1 Å². The smallest absolute Gasteiger partial charge is 0.497 e. The second-order valence-electron chi connectivity index (χ2n) is 8.28. The van der Waals surface area contributed by atoms with E-state index in [0.717, 1.165) is 44.8 Å². The molecule has 0 unspecified atom stereocenters. The van der Waals surface area contributed by atoms with Gasteiger partial charge in [0.2, 0.25) is 11.8 Å². The van der Waals surface area contributed by atoms with Gasteiger partial charge in [-0.3, -0.25) is 4.79 Å². The van der Waals surface area contributed by atoms with Crippen LogP contribution in [0.3, 0.4) is 0 Å². The van der Waals surface area contributed by atoms with Crippen LogP contribution in [0, 0.1) is 0 Å². The third-order valence-corrected chi connectivity index (χ3v) is 6.37. The first-order valence-corrected chi connectivity index (χ1v) is 12.3. The number of carbonyl (C=O) groups excluding carboxylic acids is 2. The van der Waals surface area contributed by atoms with Gasteiger partial charge in [0.05, 0.1) is 43.1 Å². The van der Waals surface area contributed by atoms with Gasteiger partial charge >= 0.3 is 6.16 Å². The van der Waals surface area contributed by atoms with Crippen LogP contribution in [0.25, 0.3) is 33.1 Å². The molecule has 0 saturated heterocycles. The van der Waals surface area contributed by atoms with Gasteiger partial charge in [0.15, 0.2) is 0 Å². The number of rotatable bonds is 7. The normalized spacial score (nSPS) is 11.0. The van der Waals surface area contributed by atoms with E-state index in [0.29, 0.717) is 29.4 Å². The first-order valence-electron chi connectivity index (χ1n) is 11.6. The minimum Gasteiger partial charge on any atom is -0.497 e. The number of benzene rings is 3. The molecule has 0 aliphatic rings. The quantitative estimate of drug-likeness (QED) is 0.270. The molecule has 5 rings (SSSR count). The van der Waals surface area contributed by atoms with E-state index in [-0.39, 0.29) is 12.5 Å². The van der Waals surface area contributed by atoms with Crippen molar-refractivity contribution in [2.45, 2.75) is 20.4 Å². The van der Waals surface area contributed by atoms with E-state index in [4.69, 9.17) is 14.2 Å². The number of amides is 1. The molecule has 0 aliphatic carbocycles. The predicted molar refractivity (Wildman–Crippen MR) is 142 cm³/mol. The SMILES string of the molecule is CCOC(=O)Oc1c(-c2ccc(OC)cc2)c2cc(NC(C)=O)ccc2n1Cc1ccc2nsnc2c1. The summed E-state index contributed by atoms with van der Waals surface area (Å²) in [4.78, 5) is 24.3. The highest BCUT2D eigenvalue weighted by Gasteiger charge is 2.24. The van der Waals surface area contributed by atoms with Gasteiger partial charge in [-0.2, -0.15) is 8.75 Å². The number of ether oxygens (including phenoxy) is 3. The van der Waals surface area contributed by atoms with Crippen molar-refractivity contribution in [1.29, 1.82) is 0 Å². The van der Waals surface area contributed by atoms with Crippen molar-refractivity contribution in [1.82, 2.24) is 13.3 Å². The first kappa shape index (κ1) is 24.3. The Bertz CT molecular complexity index is 1610. The fraction of sp³-hybridized carbons (Fsp3) is 0.185. The molecular formula is C27H24N4O5S. The molecule has 188 valence electrons. The van der Waals surface area contributed by atoms with Crippen molar-refractivity contribution in [3.05, 3.63) is 66.2 Å². The van der Waals surface area contributed by atoms with E-state index in [1.165, 1.54) is 6.92 Å². The highest BCUT2D eigenvalue weighted by Crippen LogP contribution is 2.42. The van der Waals surface area contributed by atoms with E-state index < -0.39 is 6.16 Å². The molecule has 1 amide bonds. The average Bonchev–Trinajstić information content (AvgIpc) is 3.46. The maximum absolute atomic E-state index is 12.6. The lowest BCUT2D eigenvalue weighted by Crippen LogP contribution is -2.14. The Morgan fingerprint density at radius 2 is 1.78 bits per heavy atom. The summed E-state index contributed by atoms with van der Waals surface area (Å²) in [7, 11) is 1.60. The molecular weight excluding hydrogens is 492 g/mol. The Morgan fingerprint density at radius 1 is 1.00 bits per heavy atom. The second kappa shape index (κ2) is 10.3. The largest absolute Gasteiger partial charge is 0.515 e. The topological polar surface area (TPSA) is 105 Å². The number of methoxy groups -OCH3 is 1. The number of aromatic nitrogens is 3. The van der Waals surface area contributed by atoms with Crippen molar-refractivity contribution < 1.29 is 23.8 Å². The van der Waals surface area contributed by atoms with Crippen LogP contribution in [0.1, 0.15) is 19.4 Å². The van der Waals surface area contributed by atoms with Gasteiger partial charge in [-0.05, 0) is 60.5 Å². The van der Waals surface area contributed by atoms with Crippen LogP contribution in [0.15, 0.2) is 60.7 Å². The summed E-state index contributed by atoms with van der Waals surface area (Å²) >= 11 is 1.16. The van der Waals surface area contributed by atoms with Crippen molar-refractivity contribution >= 4 is 51.4 Å². The zero-order valence-corrected chi connectivity index (χ0v) is 21.3. The molecule has 0 bridgehead atoms. The standard InChI is InChI=1S/C27H24N4O5S/c1-4-35-27(33)36-26-25(18-6-9-20(34-3)10-7-18)21-14-19(28-16(2)32)8-12-24(21)31(26)15-17-5-11-22-23(13-17)30-37-29-22/h5-14H,4,15H2,1-3H3,(H,28,32). The summed E-state index contributed by atoms with van der Waals surface area (Å²) in [6, 6.07) is 18.9.